The molecule has 0 spiro atoms. The molecule has 0 amide bonds. The predicted octanol–water partition coefficient (Wildman–Crippen LogP) is 3.42. The normalized spacial score (nSPS) is 11.7. The van der Waals surface area contributed by atoms with E-state index in [0.29, 0.717) is 16.6 Å². The van der Waals surface area contributed by atoms with Gasteiger partial charge in [-0.3, -0.25) is 4.79 Å². The molecule has 0 aliphatic carbocycles. The van der Waals surface area contributed by atoms with Crippen molar-refractivity contribution in [3.05, 3.63) is 46.6 Å². The van der Waals surface area contributed by atoms with Crippen molar-refractivity contribution in [2.45, 2.75) is 26.8 Å². The van der Waals surface area contributed by atoms with Crippen LogP contribution >= 0.6 is 11.6 Å². The molecule has 3 heteroatoms. The molecule has 0 bridgehead atoms. The summed E-state index contributed by atoms with van der Waals surface area (Å²) in [7, 11) is 0. The average molecular weight is 238 g/mol. The molecule has 16 heavy (non-hydrogen) atoms. The number of carbonyl (C=O) groups excluding carboxylic acids is 1. The maximum atomic E-state index is 11.9. The van der Waals surface area contributed by atoms with Crippen LogP contribution in [-0.4, -0.2) is 11.8 Å². The summed E-state index contributed by atoms with van der Waals surface area (Å²) < 4.78 is 0. The summed E-state index contributed by atoms with van der Waals surface area (Å²) in [5.74, 6) is -0.0729. The van der Waals surface area contributed by atoms with Crippen LogP contribution in [0.25, 0.3) is 0 Å². The standard InChI is InChI=1S/C13H16ClNO/c1-9(2)15-10(3)8-13(16)11-6-4-5-7-12(11)14/h4-9,15H,1-3H3/b10-8+. The van der Waals surface area contributed by atoms with Gasteiger partial charge in [0.15, 0.2) is 5.78 Å². The van der Waals surface area contributed by atoms with Gasteiger partial charge in [0, 0.05) is 23.4 Å². The summed E-state index contributed by atoms with van der Waals surface area (Å²) in [5.41, 5.74) is 1.38. The Labute approximate surface area is 101 Å². The Morgan fingerprint density at radius 1 is 1.38 bits per heavy atom. The second-order valence-corrected chi connectivity index (χ2v) is 4.38. The topological polar surface area (TPSA) is 29.1 Å². The lowest BCUT2D eigenvalue weighted by molar-refractivity contribution is 0.104. The number of rotatable bonds is 4. The largest absolute Gasteiger partial charge is 0.386 e. The third-order valence-corrected chi connectivity index (χ3v) is 2.33. The van der Waals surface area contributed by atoms with Gasteiger partial charge < -0.3 is 5.32 Å². The van der Waals surface area contributed by atoms with E-state index < -0.39 is 0 Å². The fraction of sp³-hybridized carbons (Fsp3) is 0.308. The highest BCUT2D eigenvalue weighted by Gasteiger charge is 2.07. The maximum Gasteiger partial charge on any atom is 0.189 e. The van der Waals surface area contributed by atoms with Gasteiger partial charge in [0.05, 0.1) is 5.02 Å². The van der Waals surface area contributed by atoms with Crippen molar-refractivity contribution in [1.29, 1.82) is 0 Å². The van der Waals surface area contributed by atoms with Crippen LogP contribution in [0, 0.1) is 0 Å². The van der Waals surface area contributed by atoms with Crippen LogP contribution in [0.2, 0.25) is 5.02 Å². The first-order chi connectivity index (χ1) is 7.50. The van der Waals surface area contributed by atoms with Gasteiger partial charge >= 0.3 is 0 Å². The lowest BCUT2D eigenvalue weighted by Gasteiger charge is -2.09. The average Bonchev–Trinajstić information content (AvgIpc) is 2.16. The second kappa shape index (κ2) is 5.71. The fourth-order valence-electron chi connectivity index (χ4n) is 1.43. The summed E-state index contributed by atoms with van der Waals surface area (Å²) in [5, 5.41) is 3.65. The van der Waals surface area contributed by atoms with Crippen molar-refractivity contribution in [2.24, 2.45) is 0 Å². The van der Waals surface area contributed by atoms with Crippen LogP contribution in [-0.2, 0) is 0 Å². The molecular formula is C13H16ClNO. The number of ketones is 1. The molecule has 0 atom stereocenters. The zero-order chi connectivity index (χ0) is 12.1. The minimum atomic E-state index is -0.0729. The van der Waals surface area contributed by atoms with Crippen LogP contribution in [0.3, 0.4) is 0 Å². The number of carbonyl (C=O) groups is 1. The number of hydrogen-bond acceptors (Lipinski definition) is 2. The third kappa shape index (κ3) is 3.70. The molecule has 0 aliphatic rings. The molecule has 0 saturated carbocycles. The predicted molar refractivity (Wildman–Crippen MR) is 67.8 cm³/mol. The molecule has 1 aromatic rings. The number of hydrogen-bond donors (Lipinski definition) is 1. The van der Waals surface area contributed by atoms with Crippen molar-refractivity contribution < 1.29 is 4.79 Å². The van der Waals surface area contributed by atoms with Crippen molar-refractivity contribution in [1.82, 2.24) is 5.32 Å². The van der Waals surface area contributed by atoms with Crippen LogP contribution < -0.4 is 5.32 Å². The molecule has 1 N–H and O–H groups in total. The van der Waals surface area contributed by atoms with Crippen molar-refractivity contribution in [2.75, 3.05) is 0 Å². The van der Waals surface area contributed by atoms with Crippen LogP contribution in [0.1, 0.15) is 31.1 Å². The quantitative estimate of drug-likeness (QED) is 0.642. The third-order valence-electron chi connectivity index (χ3n) is 2.00. The highest BCUT2D eigenvalue weighted by molar-refractivity contribution is 6.34. The molecule has 0 aliphatic heterocycles. The summed E-state index contributed by atoms with van der Waals surface area (Å²) >= 11 is 5.94. The van der Waals surface area contributed by atoms with Gasteiger partial charge in [-0.25, -0.2) is 0 Å². The van der Waals surface area contributed by atoms with E-state index in [-0.39, 0.29) is 5.78 Å². The first-order valence-corrected chi connectivity index (χ1v) is 5.62. The highest BCUT2D eigenvalue weighted by Crippen LogP contribution is 2.16. The molecule has 86 valence electrons. The van der Waals surface area contributed by atoms with Gasteiger partial charge in [-0.05, 0) is 32.9 Å². The summed E-state index contributed by atoms with van der Waals surface area (Å²) in [6.07, 6.45) is 1.57. The minimum Gasteiger partial charge on any atom is -0.386 e. The Hall–Kier alpha value is -1.28. The zero-order valence-electron chi connectivity index (χ0n) is 9.75. The second-order valence-electron chi connectivity index (χ2n) is 3.97. The zero-order valence-corrected chi connectivity index (χ0v) is 10.5. The molecule has 1 rings (SSSR count). The molecule has 0 fully saturated rings. The maximum absolute atomic E-state index is 11.9. The summed E-state index contributed by atoms with van der Waals surface area (Å²) in [4.78, 5) is 11.9. The Kier molecular flexibility index (Phi) is 4.56. The summed E-state index contributed by atoms with van der Waals surface area (Å²) in [6.45, 7) is 5.92. The Balaban J connectivity index is 2.84. The van der Waals surface area contributed by atoms with Gasteiger partial charge in [0.1, 0.15) is 0 Å². The molecule has 0 saturated heterocycles. The minimum absolute atomic E-state index is 0.0729. The van der Waals surface area contributed by atoms with E-state index in [9.17, 15) is 4.79 Å². The highest BCUT2D eigenvalue weighted by atomic mass is 35.5. The first-order valence-electron chi connectivity index (χ1n) is 5.24. The Bertz CT molecular complexity index is 410. The number of benzene rings is 1. The molecular weight excluding hydrogens is 222 g/mol. The van der Waals surface area contributed by atoms with Crippen molar-refractivity contribution in [3.63, 3.8) is 0 Å². The first kappa shape index (κ1) is 12.8. The molecule has 0 unspecified atom stereocenters. The van der Waals surface area contributed by atoms with Gasteiger partial charge in [-0.1, -0.05) is 23.7 Å². The van der Waals surface area contributed by atoms with E-state index in [4.69, 9.17) is 11.6 Å². The molecule has 1 aromatic carbocycles. The Morgan fingerprint density at radius 3 is 2.56 bits per heavy atom. The summed E-state index contributed by atoms with van der Waals surface area (Å²) in [6, 6.07) is 7.37. The van der Waals surface area contributed by atoms with E-state index in [0.717, 1.165) is 5.70 Å². The smallest absolute Gasteiger partial charge is 0.189 e. The van der Waals surface area contributed by atoms with Crippen molar-refractivity contribution in [3.8, 4) is 0 Å². The number of halogens is 1. The van der Waals surface area contributed by atoms with Crippen LogP contribution in [0.15, 0.2) is 36.0 Å². The number of nitrogens with one attached hydrogen (secondary N) is 1. The fourth-order valence-corrected chi connectivity index (χ4v) is 1.66. The van der Waals surface area contributed by atoms with E-state index in [1.807, 2.05) is 26.8 Å². The monoisotopic (exact) mass is 237 g/mol. The van der Waals surface area contributed by atoms with E-state index in [1.165, 1.54) is 0 Å². The molecule has 2 nitrogen and oxygen atoms in total. The lowest BCUT2D eigenvalue weighted by Crippen LogP contribution is -2.21. The number of allylic oxidation sites excluding steroid dienone is 2. The van der Waals surface area contributed by atoms with Gasteiger partial charge in [0.25, 0.3) is 0 Å². The lowest BCUT2D eigenvalue weighted by atomic mass is 10.1. The van der Waals surface area contributed by atoms with E-state index in [1.54, 1.807) is 24.3 Å². The molecule has 0 heterocycles. The molecule has 0 aromatic heterocycles. The van der Waals surface area contributed by atoms with Gasteiger partial charge in [0.2, 0.25) is 0 Å². The van der Waals surface area contributed by atoms with Crippen LogP contribution in [0.5, 0.6) is 0 Å². The van der Waals surface area contributed by atoms with Crippen molar-refractivity contribution >= 4 is 17.4 Å². The van der Waals surface area contributed by atoms with E-state index in [2.05, 4.69) is 5.32 Å². The van der Waals surface area contributed by atoms with Crippen LogP contribution in [0.4, 0.5) is 0 Å². The SMILES string of the molecule is C/C(=C\C(=O)c1ccccc1Cl)NC(C)C. The van der Waals surface area contributed by atoms with E-state index >= 15 is 0 Å². The van der Waals surface area contributed by atoms with Gasteiger partial charge in [-0.2, -0.15) is 0 Å². The molecule has 0 radical (unpaired) electrons. The van der Waals surface area contributed by atoms with Gasteiger partial charge in [-0.15, -0.1) is 0 Å². The Morgan fingerprint density at radius 2 is 2.00 bits per heavy atom.